The van der Waals surface area contributed by atoms with Gasteiger partial charge in [-0.1, -0.05) is 0 Å². The van der Waals surface area contributed by atoms with Crippen LogP contribution >= 0.6 is 12.6 Å². The summed E-state index contributed by atoms with van der Waals surface area (Å²) in [6.07, 6.45) is 0. The molecule has 0 spiro atoms. The van der Waals surface area contributed by atoms with Crippen molar-refractivity contribution in [3.63, 3.8) is 0 Å². The van der Waals surface area contributed by atoms with Gasteiger partial charge in [0, 0.05) is 0 Å². The van der Waals surface area contributed by atoms with E-state index in [1.165, 1.54) is 0 Å². The maximum absolute atomic E-state index is 11.0. The molecule has 0 rings (SSSR count). The Bertz CT molecular complexity index is 195. The van der Waals surface area contributed by atoms with Gasteiger partial charge in [0.05, 0.1) is 0 Å². The molecule has 0 aromatic rings. The Hall–Kier alpha value is -0.550. The van der Waals surface area contributed by atoms with Gasteiger partial charge in [0.1, 0.15) is 18.8 Å². The molecule has 5 heteroatoms. The number of thiol groups is 1. The first-order valence-corrected chi connectivity index (χ1v) is 4.27. The largest absolute Gasteiger partial charge is 0.458 e. The zero-order valence-electron chi connectivity index (χ0n) is 7.99. The molecule has 0 aromatic heterocycles. The van der Waals surface area contributed by atoms with Gasteiger partial charge in [-0.15, -0.1) is 12.6 Å². The maximum Gasteiger partial charge on any atom is 0.332 e. The normalized spacial score (nSPS) is 11.1. The quantitative estimate of drug-likeness (QED) is 0.546. The number of hydrogen-bond acceptors (Lipinski definition) is 4. The first-order valence-electron chi connectivity index (χ1n) is 3.82. The third-order valence-corrected chi connectivity index (χ3v) is 0.995. The molecule has 0 aliphatic rings. The Labute approximate surface area is 83.0 Å². The van der Waals surface area contributed by atoms with Gasteiger partial charge in [-0.25, -0.2) is 4.79 Å². The van der Waals surface area contributed by atoms with Crippen LogP contribution in [0.15, 0.2) is 0 Å². The van der Waals surface area contributed by atoms with E-state index in [9.17, 15) is 9.59 Å². The summed E-state index contributed by atoms with van der Waals surface area (Å²) in [6, 6.07) is 0. The summed E-state index contributed by atoms with van der Waals surface area (Å²) in [6.45, 7) is 4.88. The zero-order chi connectivity index (χ0) is 10.5. The Morgan fingerprint density at radius 3 is 2.15 bits per heavy atom. The van der Waals surface area contributed by atoms with E-state index in [2.05, 4.69) is 12.6 Å². The zero-order valence-corrected chi connectivity index (χ0v) is 8.89. The van der Waals surface area contributed by atoms with Crippen molar-refractivity contribution >= 4 is 23.7 Å². The van der Waals surface area contributed by atoms with Gasteiger partial charge in [0.2, 0.25) is 5.12 Å². The summed E-state index contributed by atoms with van der Waals surface area (Å²) < 4.78 is 9.62. The van der Waals surface area contributed by atoms with Crippen molar-refractivity contribution < 1.29 is 19.1 Å². The molecule has 0 aliphatic carbocycles. The molecule has 0 atom stereocenters. The lowest BCUT2D eigenvalue weighted by Crippen LogP contribution is -2.27. The Kier molecular flexibility index (Phi) is 5.02. The number of esters is 1. The standard InChI is InChI=1S/C8H14O4S/c1-8(2,3)12-6(9)4-11-5-7(10)13/h4-5H2,1-3H3,(H,10,13). The average Bonchev–Trinajstić information content (AvgIpc) is 1.81. The van der Waals surface area contributed by atoms with Crippen LogP contribution in [0.25, 0.3) is 0 Å². The number of hydrogen-bond donors (Lipinski definition) is 1. The van der Waals surface area contributed by atoms with Crippen molar-refractivity contribution in [1.29, 1.82) is 0 Å². The van der Waals surface area contributed by atoms with Crippen LogP contribution in [0.2, 0.25) is 0 Å². The minimum Gasteiger partial charge on any atom is -0.458 e. The predicted octanol–water partition coefficient (Wildman–Crippen LogP) is 0.801. The number of carbonyl (C=O) groups excluding carboxylic acids is 2. The van der Waals surface area contributed by atoms with E-state index in [4.69, 9.17) is 9.47 Å². The van der Waals surface area contributed by atoms with Crippen molar-refractivity contribution in [2.45, 2.75) is 26.4 Å². The van der Waals surface area contributed by atoms with Gasteiger partial charge in [-0.05, 0) is 20.8 Å². The lowest BCUT2D eigenvalue weighted by Gasteiger charge is -2.19. The summed E-state index contributed by atoms with van der Waals surface area (Å²) in [4.78, 5) is 21.3. The van der Waals surface area contributed by atoms with Crippen molar-refractivity contribution in [3.8, 4) is 0 Å². The minimum absolute atomic E-state index is 0.178. The highest BCUT2D eigenvalue weighted by Gasteiger charge is 2.16. The highest BCUT2D eigenvalue weighted by atomic mass is 32.1. The summed E-state index contributed by atoms with van der Waals surface area (Å²) >= 11 is 3.47. The smallest absolute Gasteiger partial charge is 0.332 e. The Balaban J connectivity index is 3.59. The lowest BCUT2D eigenvalue weighted by atomic mass is 10.2. The number of ether oxygens (including phenoxy) is 2. The van der Waals surface area contributed by atoms with E-state index in [1.807, 2.05) is 0 Å². The molecule has 0 aromatic carbocycles. The van der Waals surface area contributed by atoms with E-state index >= 15 is 0 Å². The molecule has 0 amide bonds. The van der Waals surface area contributed by atoms with Gasteiger partial charge in [0.25, 0.3) is 0 Å². The molecule has 76 valence electrons. The lowest BCUT2D eigenvalue weighted by molar-refractivity contribution is -0.160. The third kappa shape index (κ3) is 9.36. The van der Waals surface area contributed by atoms with Crippen molar-refractivity contribution in [1.82, 2.24) is 0 Å². The number of carbonyl (C=O) groups is 2. The summed E-state index contributed by atoms with van der Waals surface area (Å²) in [5.74, 6) is -0.484. The van der Waals surface area contributed by atoms with Crippen LogP contribution in [0, 0.1) is 0 Å². The molecule has 0 heterocycles. The van der Waals surface area contributed by atoms with E-state index in [0.29, 0.717) is 0 Å². The molecule has 0 fully saturated rings. The van der Waals surface area contributed by atoms with Gasteiger partial charge >= 0.3 is 5.97 Å². The molecule has 0 saturated heterocycles. The summed E-state index contributed by atoms with van der Waals surface area (Å²) in [5, 5.41) is -0.413. The maximum atomic E-state index is 11.0. The average molecular weight is 206 g/mol. The first kappa shape index (κ1) is 12.4. The molecule has 0 N–H and O–H groups in total. The second-order valence-electron chi connectivity index (χ2n) is 3.47. The summed E-state index contributed by atoms with van der Waals surface area (Å²) in [5.41, 5.74) is -0.522. The van der Waals surface area contributed by atoms with E-state index in [-0.39, 0.29) is 13.2 Å². The van der Waals surface area contributed by atoms with Crippen LogP contribution in [0.3, 0.4) is 0 Å². The SMILES string of the molecule is CC(C)(C)OC(=O)COCC(=O)S. The topological polar surface area (TPSA) is 52.6 Å². The fourth-order valence-corrected chi connectivity index (χ4v) is 0.684. The molecular formula is C8H14O4S. The van der Waals surface area contributed by atoms with Crippen LogP contribution in [0.4, 0.5) is 0 Å². The fraction of sp³-hybridized carbons (Fsp3) is 0.750. The number of rotatable bonds is 4. The molecular weight excluding hydrogens is 192 g/mol. The molecule has 13 heavy (non-hydrogen) atoms. The minimum atomic E-state index is -0.522. The molecule has 0 bridgehead atoms. The van der Waals surface area contributed by atoms with Gasteiger partial charge < -0.3 is 9.47 Å². The van der Waals surface area contributed by atoms with Gasteiger partial charge in [-0.2, -0.15) is 0 Å². The second-order valence-corrected chi connectivity index (χ2v) is 3.97. The van der Waals surface area contributed by atoms with Gasteiger partial charge in [-0.3, -0.25) is 4.79 Å². The second kappa shape index (κ2) is 5.24. The van der Waals surface area contributed by atoms with E-state index < -0.39 is 16.7 Å². The Morgan fingerprint density at radius 1 is 1.23 bits per heavy atom. The molecule has 0 unspecified atom stereocenters. The van der Waals surface area contributed by atoms with E-state index in [1.54, 1.807) is 20.8 Å². The molecule has 0 radical (unpaired) electrons. The predicted molar refractivity (Wildman–Crippen MR) is 50.7 cm³/mol. The van der Waals surface area contributed by atoms with Crippen LogP contribution in [0.5, 0.6) is 0 Å². The molecule has 0 saturated carbocycles. The van der Waals surface area contributed by atoms with E-state index in [0.717, 1.165) is 0 Å². The van der Waals surface area contributed by atoms with Crippen molar-refractivity contribution in [3.05, 3.63) is 0 Å². The van der Waals surface area contributed by atoms with Crippen LogP contribution in [-0.4, -0.2) is 29.9 Å². The molecule has 4 nitrogen and oxygen atoms in total. The van der Waals surface area contributed by atoms with Crippen LogP contribution in [-0.2, 0) is 19.1 Å². The third-order valence-electron chi connectivity index (χ3n) is 0.865. The highest BCUT2D eigenvalue weighted by Crippen LogP contribution is 2.06. The van der Waals surface area contributed by atoms with Crippen LogP contribution in [0.1, 0.15) is 20.8 Å². The highest BCUT2D eigenvalue weighted by molar-refractivity contribution is 7.96. The Morgan fingerprint density at radius 2 is 1.77 bits per heavy atom. The van der Waals surface area contributed by atoms with Gasteiger partial charge in [0.15, 0.2) is 0 Å². The first-order chi connectivity index (χ1) is 5.81. The van der Waals surface area contributed by atoms with Crippen molar-refractivity contribution in [2.75, 3.05) is 13.2 Å². The summed E-state index contributed by atoms with van der Waals surface area (Å²) in [7, 11) is 0. The fourth-order valence-electron chi connectivity index (χ4n) is 0.593. The van der Waals surface area contributed by atoms with Crippen molar-refractivity contribution in [2.24, 2.45) is 0 Å². The monoisotopic (exact) mass is 206 g/mol. The molecule has 0 aliphatic heterocycles. The van der Waals surface area contributed by atoms with Crippen LogP contribution < -0.4 is 0 Å².